The zero-order chi connectivity index (χ0) is 18.5. The summed E-state index contributed by atoms with van der Waals surface area (Å²) in [6.45, 7) is 3.46. The minimum absolute atomic E-state index is 0.0698. The van der Waals surface area contributed by atoms with Gasteiger partial charge in [0.1, 0.15) is 16.0 Å². The van der Waals surface area contributed by atoms with E-state index in [1.807, 2.05) is 0 Å². The lowest BCUT2D eigenvalue weighted by Gasteiger charge is -2.25. The highest BCUT2D eigenvalue weighted by molar-refractivity contribution is 9.10. The van der Waals surface area contributed by atoms with Crippen LogP contribution in [0.5, 0.6) is 5.75 Å². The summed E-state index contributed by atoms with van der Waals surface area (Å²) in [7, 11) is -2.53. The zero-order valence-electron chi connectivity index (χ0n) is 13.7. The number of halogens is 1. The van der Waals surface area contributed by atoms with Crippen LogP contribution in [0.3, 0.4) is 0 Å². The Bertz CT molecular complexity index is 967. The van der Waals surface area contributed by atoms with Gasteiger partial charge >= 0.3 is 5.97 Å². The molecule has 6 nitrogen and oxygen atoms in total. The number of anilines is 1. The molecule has 0 amide bonds. The van der Waals surface area contributed by atoms with Crippen LogP contribution < -0.4 is 9.04 Å². The lowest BCUT2D eigenvalue weighted by Crippen LogP contribution is -2.42. The number of fused-ring (bicyclic) bond motifs is 1. The molecule has 1 aromatic carbocycles. The highest BCUT2D eigenvalue weighted by atomic mass is 79.9. The number of carbonyl (C=O) groups is 1. The van der Waals surface area contributed by atoms with Gasteiger partial charge in [-0.1, -0.05) is 6.07 Å². The first kappa shape index (κ1) is 18.2. The molecule has 0 saturated heterocycles. The van der Waals surface area contributed by atoms with Gasteiger partial charge < -0.3 is 9.84 Å². The average molecular weight is 446 g/mol. The Hall–Kier alpha value is -1.58. The van der Waals surface area contributed by atoms with Crippen LogP contribution in [0, 0.1) is 13.8 Å². The van der Waals surface area contributed by atoms with E-state index in [9.17, 15) is 18.3 Å². The third-order valence-corrected chi connectivity index (χ3v) is 8.93. The van der Waals surface area contributed by atoms with Crippen LogP contribution in [-0.4, -0.2) is 32.6 Å². The van der Waals surface area contributed by atoms with Gasteiger partial charge in [-0.3, -0.25) is 4.31 Å². The van der Waals surface area contributed by atoms with Crippen LogP contribution in [0.4, 0.5) is 5.69 Å². The molecule has 1 aliphatic heterocycles. The van der Waals surface area contributed by atoms with Crippen molar-refractivity contribution >= 4 is 48.9 Å². The number of ether oxygens (including phenoxy) is 1. The number of hydrogen-bond donors (Lipinski definition) is 1. The molecule has 0 spiro atoms. The van der Waals surface area contributed by atoms with E-state index in [1.54, 1.807) is 31.4 Å². The predicted molar refractivity (Wildman–Crippen MR) is 99.3 cm³/mol. The molecule has 3 rings (SSSR count). The van der Waals surface area contributed by atoms with Crippen LogP contribution in [-0.2, 0) is 21.2 Å². The van der Waals surface area contributed by atoms with Crippen molar-refractivity contribution in [1.82, 2.24) is 0 Å². The molecule has 2 heterocycles. The lowest BCUT2D eigenvalue weighted by atomic mass is 10.1. The Balaban J connectivity index is 2.27. The van der Waals surface area contributed by atoms with Crippen LogP contribution in [0.15, 0.2) is 26.2 Å². The monoisotopic (exact) mass is 445 g/mol. The van der Waals surface area contributed by atoms with Crippen molar-refractivity contribution in [3.63, 3.8) is 0 Å². The topological polar surface area (TPSA) is 83.9 Å². The zero-order valence-corrected chi connectivity index (χ0v) is 17.0. The fourth-order valence-corrected chi connectivity index (χ4v) is 7.02. The van der Waals surface area contributed by atoms with Crippen LogP contribution >= 0.6 is 27.3 Å². The third kappa shape index (κ3) is 2.74. The fraction of sp³-hybridized carbons (Fsp3) is 0.312. The minimum atomic E-state index is -4.02. The smallest absolute Gasteiger partial charge is 0.327 e. The number of carboxylic acids is 1. The largest absolute Gasteiger partial charge is 0.496 e. The van der Waals surface area contributed by atoms with Gasteiger partial charge in [0.05, 0.1) is 12.8 Å². The van der Waals surface area contributed by atoms with Crippen LogP contribution in [0.1, 0.15) is 16.7 Å². The molecule has 0 saturated carbocycles. The van der Waals surface area contributed by atoms with Crippen molar-refractivity contribution in [1.29, 1.82) is 0 Å². The van der Waals surface area contributed by atoms with E-state index in [0.29, 0.717) is 32.6 Å². The molecule has 2 aromatic rings. The molecule has 1 aromatic heterocycles. The second kappa shape index (κ2) is 6.30. The number of carboxylic acid groups (broad SMARTS) is 1. The van der Waals surface area contributed by atoms with E-state index in [0.717, 1.165) is 15.6 Å². The summed E-state index contributed by atoms with van der Waals surface area (Å²) in [4.78, 5) is 11.8. The lowest BCUT2D eigenvalue weighted by molar-refractivity contribution is -0.138. The summed E-state index contributed by atoms with van der Waals surface area (Å²) in [5, 5.41) is 11.3. The number of methoxy groups -OCH3 is 1. The maximum atomic E-state index is 13.3. The Morgan fingerprint density at radius 2 is 2.08 bits per heavy atom. The molecule has 1 N–H and O–H groups in total. The molecule has 0 bridgehead atoms. The minimum Gasteiger partial charge on any atom is -0.496 e. The van der Waals surface area contributed by atoms with E-state index in [-0.39, 0.29) is 10.6 Å². The molecule has 9 heteroatoms. The van der Waals surface area contributed by atoms with Gasteiger partial charge in [-0.2, -0.15) is 0 Å². The third-order valence-electron chi connectivity index (χ3n) is 4.27. The van der Waals surface area contributed by atoms with E-state index < -0.39 is 22.0 Å². The predicted octanol–water partition coefficient (Wildman–Crippen LogP) is 3.34. The number of rotatable bonds is 4. The summed E-state index contributed by atoms with van der Waals surface area (Å²) in [5.74, 6) is -0.692. The van der Waals surface area contributed by atoms with Gasteiger partial charge in [0.25, 0.3) is 10.0 Å². The molecule has 1 atom stereocenters. The van der Waals surface area contributed by atoms with Gasteiger partial charge in [-0.05, 0) is 47.0 Å². The fourth-order valence-electron chi connectivity index (χ4n) is 3.06. The highest BCUT2D eigenvalue weighted by Gasteiger charge is 2.45. The van der Waals surface area contributed by atoms with E-state index in [4.69, 9.17) is 4.74 Å². The van der Waals surface area contributed by atoms with E-state index in [1.165, 1.54) is 7.11 Å². The van der Waals surface area contributed by atoms with Crippen LogP contribution in [0.25, 0.3) is 0 Å². The number of nitrogens with zero attached hydrogens (tertiary/aromatic N) is 1. The van der Waals surface area contributed by atoms with Gasteiger partial charge in [0, 0.05) is 21.8 Å². The molecule has 0 radical (unpaired) electrons. The Morgan fingerprint density at radius 1 is 1.40 bits per heavy atom. The molecular formula is C16H16BrNO5S2. The van der Waals surface area contributed by atoms with Crippen molar-refractivity contribution in [2.45, 2.75) is 30.5 Å². The second-order valence-electron chi connectivity index (χ2n) is 5.77. The molecule has 134 valence electrons. The molecule has 0 fully saturated rings. The summed E-state index contributed by atoms with van der Waals surface area (Å²) in [5.41, 5.74) is 2.27. The van der Waals surface area contributed by atoms with Crippen molar-refractivity contribution in [3.05, 3.63) is 38.7 Å². The Labute approximate surface area is 158 Å². The first-order valence-electron chi connectivity index (χ1n) is 7.37. The van der Waals surface area contributed by atoms with E-state index >= 15 is 0 Å². The first-order chi connectivity index (χ1) is 11.7. The van der Waals surface area contributed by atoms with Gasteiger partial charge in [0.15, 0.2) is 0 Å². The number of aryl methyl sites for hydroxylation is 1. The molecule has 25 heavy (non-hydrogen) atoms. The standard InChI is InChI=1S/C16H16BrNO5S2/c1-8-4-5-13(23-3)10-6-12(15(19)20)18(14(8)10)25(21,22)16-9(2)11(17)7-24-16/h4-5,7,12H,6H2,1-3H3,(H,19,20). The summed E-state index contributed by atoms with van der Waals surface area (Å²) in [6.07, 6.45) is 0.0698. The quantitative estimate of drug-likeness (QED) is 0.779. The summed E-state index contributed by atoms with van der Waals surface area (Å²) < 4.78 is 33.8. The number of sulfonamides is 1. The maximum absolute atomic E-state index is 13.3. The summed E-state index contributed by atoms with van der Waals surface area (Å²) >= 11 is 4.39. The SMILES string of the molecule is COc1ccc(C)c2c1CC(C(=O)O)N2S(=O)(=O)c1scc(Br)c1C. The van der Waals surface area contributed by atoms with Crippen LogP contribution in [0.2, 0.25) is 0 Å². The van der Waals surface area contributed by atoms with Crippen molar-refractivity contribution in [2.75, 3.05) is 11.4 Å². The average Bonchev–Trinajstić information content (AvgIpc) is 3.11. The number of hydrogen-bond acceptors (Lipinski definition) is 5. The maximum Gasteiger partial charge on any atom is 0.327 e. The van der Waals surface area contributed by atoms with Gasteiger partial charge in [0.2, 0.25) is 0 Å². The Kier molecular flexibility index (Phi) is 4.59. The van der Waals surface area contributed by atoms with Gasteiger partial charge in [-0.15, -0.1) is 11.3 Å². The van der Waals surface area contributed by atoms with Crippen molar-refractivity contribution in [3.8, 4) is 5.75 Å². The molecule has 0 aliphatic carbocycles. The molecule has 1 aliphatic rings. The number of aliphatic carboxylic acids is 1. The number of benzene rings is 1. The normalized spacial score (nSPS) is 16.8. The van der Waals surface area contributed by atoms with Crippen molar-refractivity contribution < 1.29 is 23.1 Å². The molecule has 1 unspecified atom stereocenters. The highest BCUT2D eigenvalue weighted by Crippen LogP contribution is 2.45. The van der Waals surface area contributed by atoms with Crippen molar-refractivity contribution in [2.24, 2.45) is 0 Å². The summed E-state index contributed by atoms with van der Waals surface area (Å²) in [6, 6.07) is 2.27. The molecular weight excluding hydrogens is 430 g/mol. The number of thiophene rings is 1. The second-order valence-corrected chi connectivity index (χ2v) is 9.51. The van der Waals surface area contributed by atoms with Gasteiger partial charge in [-0.25, -0.2) is 13.2 Å². The Morgan fingerprint density at radius 3 is 2.60 bits per heavy atom. The first-order valence-corrected chi connectivity index (χ1v) is 10.5. The van der Waals surface area contributed by atoms with E-state index in [2.05, 4.69) is 15.9 Å².